The van der Waals surface area contributed by atoms with Crippen molar-refractivity contribution in [2.45, 2.75) is 342 Å². The maximum atomic E-state index is 13.0. The van der Waals surface area contributed by atoms with Crippen LogP contribution in [0.4, 0.5) is 0 Å². The van der Waals surface area contributed by atoms with E-state index in [2.05, 4.69) is 58.9 Å². The Balaban J connectivity index is 5.23. The Morgan fingerprint density at radius 2 is 0.621 bits per heavy atom. The summed E-state index contributed by atoms with van der Waals surface area (Å²) < 4.78 is 68.0. The predicted octanol–water partition coefficient (Wildman–Crippen LogP) is 18.9. The SMILES string of the molecule is CCCCCC/C=C\C=C/CCCCCCCC(=O)OC[C@H](COP(=O)(O)OC[C@@H](O)COP(=O)(O)OC[C@@H](COC(=O)CCCCCCCCC)OC(=O)CCCCCCCCCCC)OC(=O)CCCCCCCCCCCCCCCC(C)C. The monoisotopic (exact) mass is 1280 g/mol. The second-order valence-electron chi connectivity index (χ2n) is 24.4. The van der Waals surface area contributed by atoms with Gasteiger partial charge in [0.25, 0.3) is 0 Å². The first-order chi connectivity index (χ1) is 42.0. The zero-order chi connectivity index (χ0) is 64.2. The zero-order valence-corrected chi connectivity index (χ0v) is 57.4. The van der Waals surface area contributed by atoms with Gasteiger partial charge in [-0.25, -0.2) is 9.13 Å². The largest absolute Gasteiger partial charge is 0.472 e. The molecule has 0 radical (unpaired) electrons. The van der Waals surface area contributed by atoms with Crippen LogP contribution in [0.3, 0.4) is 0 Å². The molecule has 0 aliphatic carbocycles. The number of unbranched alkanes of at least 4 members (excludes halogenated alkanes) is 35. The van der Waals surface area contributed by atoms with Crippen LogP contribution in [-0.2, 0) is 65.4 Å². The van der Waals surface area contributed by atoms with E-state index in [4.69, 9.17) is 37.0 Å². The minimum atomic E-state index is -4.96. The van der Waals surface area contributed by atoms with Gasteiger partial charge in [0.2, 0.25) is 0 Å². The highest BCUT2D eigenvalue weighted by Crippen LogP contribution is 2.45. The average molecular weight is 1280 g/mol. The molecule has 0 fully saturated rings. The lowest BCUT2D eigenvalue weighted by molar-refractivity contribution is -0.161. The van der Waals surface area contributed by atoms with E-state index < -0.39 is 97.5 Å². The van der Waals surface area contributed by atoms with E-state index >= 15 is 0 Å². The average Bonchev–Trinajstić information content (AvgIpc) is 3.67. The highest BCUT2D eigenvalue weighted by atomic mass is 31.2. The molecule has 19 heteroatoms. The summed E-state index contributed by atoms with van der Waals surface area (Å²) in [5.74, 6) is -1.38. The molecule has 0 bridgehead atoms. The molecule has 0 aromatic carbocycles. The van der Waals surface area contributed by atoms with E-state index in [-0.39, 0.29) is 25.7 Å². The third-order valence-corrected chi connectivity index (χ3v) is 17.1. The molecular formula is C68H128O17P2. The third kappa shape index (κ3) is 62.1. The summed E-state index contributed by atoms with van der Waals surface area (Å²) >= 11 is 0. The van der Waals surface area contributed by atoms with Gasteiger partial charge in [0.15, 0.2) is 12.2 Å². The van der Waals surface area contributed by atoms with E-state index in [0.29, 0.717) is 25.7 Å². The van der Waals surface area contributed by atoms with Gasteiger partial charge in [0.1, 0.15) is 19.3 Å². The van der Waals surface area contributed by atoms with Gasteiger partial charge in [-0.2, -0.15) is 0 Å². The van der Waals surface area contributed by atoms with Gasteiger partial charge in [-0.1, -0.05) is 271 Å². The Kier molecular flexibility index (Phi) is 59.3. The normalized spacial score (nSPS) is 14.3. The molecule has 3 N–H and O–H groups in total. The molecule has 17 nitrogen and oxygen atoms in total. The molecule has 0 rings (SSSR count). The molecule has 5 atom stereocenters. The Labute approximate surface area is 529 Å². The maximum Gasteiger partial charge on any atom is 0.472 e. The Morgan fingerprint density at radius 1 is 0.356 bits per heavy atom. The number of phosphoric acid groups is 2. The summed E-state index contributed by atoms with van der Waals surface area (Å²) in [5.41, 5.74) is 0. The molecule has 0 heterocycles. The number of hydrogen-bond donors (Lipinski definition) is 3. The van der Waals surface area contributed by atoms with Crippen LogP contribution in [0.1, 0.15) is 324 Å². The number of carbonyl (C=O) groups excluding carboxylic acids is 4. The number of rotatable bonds is 66. The van der Waals surface area contributed by atoms with Gasteiger partial charge in [0, 0.05) is 25.7 Å². The minimum Gasteiger partial charge on any atom is -0.462 e. The Bertz CT molecular complexity index is 1780. The Hall–Kier alpha value is -2.46. The molecule has 87 heavy (non-hydrogen) atoms. The molecule has 0 saturated carbocycles. The summed E-state index contributed by atoms with van der Waals surface area (Å²) in [6, 6.07) is 0. The zero-order valence-electron chi connectivity index (χ0n) is 55.6. The van der Waals surface area contributed by atoms with Crippen molar-refractivity contribution in [2.75, 3.05) is 39.6 Å². The van der Waals surface area contributed by atoms with Crippen molar-refractivity contribution < 1.29 is 80.2 Å². The number of aliphatic hydroxyl groups is 1. The van der Waals surface area contributed by atoms with Crippen molar-refractivity contribution in [1.82, 2.24) is 0 Å². The first kappa shape index (κ1) is 84.5. The third-order valence-electron chi connectivity index (χ3n) is 15.2. The number of esters is 4. The molecule has 0 aromatic heterocycles. The standard InChI is InChI=1S/C68H128O17P2/c1-6-9-12-15-18-20-21-22-23-26-29-33-37-42-47-52-66(71)79-58-64(85-68(73)54-49-44-39-34-30-27-24-25-28-32-36-40-45-50-61(4)5)60-83-87(76,77)81-56-62(69)55-80-86(74,75)82-59-63(57-78-65(70)51-46-41-35-17-14-11-8-3)84-67(72)53-48-43-38-31-19-16-13-10-7-2/h20-23,61-64,69H,6-19,24-60H2,1-5H3,(H,74,75)(H,76,77)/b21-20-,23-22-/t62-,63+,64+/m0/s1. The lowest BCUT2D eigenvalue weighted by Gasteiger charge is -2.21. The molecule has 0 aromatic rings. The van der Waals surface area contributed by atoms with E-state index in [9.17, 15) is 43.2 Å². The van der Waals surface area contributed by atoms with Crippen molar-refractivity contribution in [3.05, 3.63) is 24.3 Å². The molecule has 0 amide bonds. The number of carbonyl (C=O) groups is 4. The first-order valence-electron chi connectivity index (χ1n) is 35.0. The lowest BCUT2D eigenvalue weighted by atomic mass is 10.0. The number of aliphatic hydroxyl groups excluding tert-OH is 1. The molecule has 2 unspecified atom stereocenters. The van der Waals surface area contributed by atoms with Crippen LogP contribution in [0.5, 0.6) is 0 Å². The summed E-state index contributed by atoms with van der Waals surface area (Å²) in [6.45, 7) is 7.12. The highest BCUT2D eigenvalue weighted by molar-refractivity contribution is 7.47. The summed E-state index contributed by atoms with van der Waals surface area (Å²) in [5, 5.41) is 10.5. The van der Waals surface area contributed by atoms with Crippen LogP contribution in [0.2, 0.25) is 0 Å². The van der Waals surface area contributed by atoms with Gasteiger partial charge in [0.05, 0.1) is 26.4 Å². The van der Waals surface area contributed by atoms with Gasteiger partial charge in [-0.15, -0.1) is 0 Å². The van der Waals surface area contributed by atoms with Crippen LogP contribution < -0.4 is 0 Å². The number of allylic oxidation sites excluding steroid dienone is 4. The summed E-state index contributed by atoms with van der Waals surface area (Å²) in [6.07, 6.45) is 49.5. The lowest BCUT2D eigenvalue weighted by Crippen LogP contribution is -2.30. The second kappa shape index (κ2) is 61.1. The van der Waals surface area contributed by atoms with Crippen LogP contribution in [0, 0.1) is 5.92 Å². The summed E-state index contributed by atoms with van der Waals surface area (Å²) in [7, 11) is -9.90. The van der Waals surface area contributed by atoms with E-state index in [0.717, 1.165) is 128 Å². The quantitative estimate of drug-likeness (QED) is 0.0169. The predicted molar refractivity (Wildman–Crippen MR) is 349 cm³/mol. The number of ether oxygens (including phenoxy) is 4. The van der Waals surface area contributed by atoms with Crippen molar-refractivity contribution in [3.63, 3.8) is 0 Å². The van der Waals surface area contributed by atoms with Crippen molar-refractivity contribution in [1.29, 1.82) is 0 Å². The Morgan fingerprint density at radius 3 is 0.943 bits per heavy atom. The number of hydrogen-bond acceptors (Lipinski definition) is 15. The van der Waals surface area contributed by atoms with E-state index in [1.165, 1.54) is 116 Å². The van der Waals surface area contributed by atoms with Crippen molar-refractivity contribution in [3.8, 4) is 0 Å². The van der Waals surface area contributed by atoms with Gasteiger partial charge < -0.3 is 33.8 Å². The van der Waals surface area contributed by atoms with Gasteiger partial charge in [-0.05, 0) is 57.3 Å². The molecular weight excluding hydrogens is 1150 g/mol. The molecule has 0 aliphatic rings. The first-order valence-corrected chi connectivity index (χ1v) is 37.9. The smallest absolute Gasteiger partial charge is 0.462 e. The maximum absolute atomic E-state index is 13.0. The second-order valence-corrected chi connectivity index (χ2v) is 27.3. The van der Waals surface area contributed by atoms with Crippen LogP contribution in [0.25, 0.3) is 0 Å². The minimum absolute atomic E-state index is 0.100. The molecule has 0 saturated heterocycles. The van der Waals surface area contributed by atoms with Gasteiger partial charge >= 0.3 is 39.5 Å². The topological polar surface area (TPSA) is 237 Å². The van der Waals surface area contributed by atoms with Crippen molar-refractivity contribution in [2.24, 2.45) is 5.92 Å². The van der Waals surface area contributed by atoms with Crippen LogP contribution >= 0.6 is 15.6 Å². The fourth-order valence-electron chi connectivity index (χ4n) is 9.75. The highest BCUT2D eigenvalue weighted by Gasteiger charge is 2.30. The van der Waals surface area contributed by atoms with E-state index in [1.807, 2.05) is 0 Å². The molecule has 0 spiro atoms. The van der Waals surface area contributed by atoms with Crippen LogP contribution in [0.15, 0.2) is 24.3 Å². The van der Waals surface area contributed by atoms with Gasteiger partial charge in [-0.3, -0.25) is 37.3 Å². The summed E-state index contributed by atoms with van der Waals surface area (Å²) in [4.78, 5) is 72.2. The molecule has 512 valence electrons. The van der Waals surface area contributed by atoms with E-state index in [1.54, 1.807) is 0 Å². The molecule has 0 aliphatic heterocycles. The number of phosphoric ester groups is 2. The van der Waals surface area contributed by atoms with Crippen LogP contribution in [-0.4, -0.2) is 96.7 Å². The van der Waals surface area contributed by atoms with Crippen molar-refractivity contribution >= 4 is 39.5 Å². The fraction of sp³-hybridized carbons (Fsp3) is 0.882. The fourth-order valence-corrected chi connectivity index (χ4v) is 11.3.